The highest BCUT2D eigenvalue weighted by Gasteiger charge is 2.21. The topological polar surface area (TPSA) is 69.9 Å². The van der Waals surface area contributed by atoms with Gasteiger partial charge in [0.25, 0.3) is 0 Å². The lowest BCUT2D eigenvalue weighted by atomic mass is 10.2. The second-order valence-electron chi connectivity index (χ2n) is 6.85. The van der Waals surface area contributed by atoms with Crippen molar-refractivity contribution in [2.75, 3.05) is 18.5 Å². The number of guanidine groups is 1. The van der Waals surface area contributed by atoms with Gasteiger partial charge >= 0.3 is 0 Å². The SMILES string of the molecule is CN=C(NCc1ccc(N2CCCC2=O)cc1)NCc1cc2ccccc2o1.I. The van der Waals surface area contributed by atoms with Crippen LogP contribution in [0.25, 0.3) is 11.0 Å². The Morgan fingerprint density at radius 3 is 2.55 bits per heavy atom. The van der Waals surface area contributed by atoms with Gasteiger partial charge in [0.15, 0.2) is 5.96 Å². The standard InChI is InChI=1S/C22H24N4O2.HI/c1-23-22(25-15-19-13-17-5-2-3-6-20(17)28-19)24-14-16-8-10-18(11-9-16)26-12-4-7-21(26)27;/h2-3,5-6,8-11,13H,4,7,12,14-15H2,1H3,(H2,23,24,25);1H. The molecule has 2 heterocycles. The Kier molecular flexibility index (Phi) is 7.13. The molecule has 0 radical (unpaired) electrons. The Hall–Kier alpha value is -2.55. The maximum atomic E-state index is 11.8. The van der Waals surface area contributed by atoms with Crippen LogP contribution in [0, 0.1) is 0 Å². The van der Waals surface area contributed by atoms with Gasteiger partial charge in [0.05, 0.1) is 6.54 Å². The molecule has 7 heteroatoms. The molecule has 0 saturated carbocycles. The summed E-state index contributed by atoms with van der Waals surface area (Å²) in [5.74, 6) is 1.78. The molecule has 0 unspecified atom stereocenters. The van der Waals surface area contributed by atoms with Gasteiger partial charge in [0.2, 0.25) is 5.91 Å². The van der Waals surface area contributed by atoms with E-state index in [0.29, 0.717) is 25.5 Å². The average Bonchev–Trinajstić information content (AvgIpc) is 3.34. The summed E-state index contributed by atoms with van der Waals surface area (Å²) < 4.78 is 5.82. The minimum atomic E-state index is 0. The van der Waals surface area contributed by atoms with Crippen LogP contribution in [0.1, 0.15) is 24.2 Å². The zero-order valence-electron chi connectivity index (χ0n) is 16.4. The third-order valence-electron chi connectivity index (χ3n) is 4.91. The lowest BCUT2D eigenvalue weighted by molar-refractivity contribution is -0.117. The van der Waals surface area contributed by atoms with Crippen molar-refractivity contribution >= 4 is 52.5 Å². The molecule has 2 N–H and O–H groups in total. The third-order valence-corrected chi connectivity index (χ3v) is 4.91. The molecule has 3 aromatic rings. The number of nitrogens with one attached hydrogen (secondary N) is 2. The number of nitrogens with zero attached hydrogens (tertiary/aromatic N) is 2. The number of halogens is 1. The highest BCUT2D eigenvalue weighted by Crippen LogP contribution is 2.21. The summed E-state index contributed by atoms with van der Waals surface area (Å²) in [6, 6.07) is 18.1. The molecule has 1 aliphatic heterocycles. The van der Waals surface area contributed by atoms with Crippen LogP contribution in [-0.2, 0) is 17.9 Å². The van der Waals surface area contributed by atoms with Gasteiger partial charge in [-0.2, -0.15) is 0 Å². The molecule has 0 spiro atoms. The summed E-state index contributed by atoms with van der Waals surface area (Å²) in [7, 11) is 1.75. The summed E-state index contributed by atoms with van der Waals surface area (Å²) in [6.07, 6.45) is 1.59. The number of benzene rings is 2. The first-order chi connectivity index (χ1) is 13.7. The zero-order chi connectivity index (χ0) is 19.3. The van der Waals surface area contributed by atoms with Crippen molar-refractivity contribution in [3.63, 3.8) is 0 Å². The Morgan fingerprint density at radius 2 is 1.86 bits per heavy atom. The number of para-hydroxylation sites is 1. The summed E-state index contributed by atoms with van der Waals surface area (Å²) in [5, 5.41) is 7.67. The van der Waals surface area contributed by atoms with Gasteiger partial charge < -0.3 is 20.0 Å². The number of furan rings is 1. The molecule has 0 bridgehead atoms. The van der Waals surface area contributed by atoms with Gasteiger partial charge in [-0.1, -0.05) is 30.3 Å². The molecule has 0 aliphatic carbocycles. The van der Waals surface area contributed by atoms with Gasteiger partial charge in [-0.25, -0.2) is 0 Å². The number of carbonyl (C=O) groups excluding carboxylic acids is 1. The quantitative estimate of drug-likeness (QED) is 0.313. The van der Waals surface area contributed by atoms with Crippen molar-refractivity contribution in [1.29, 1.82) is 0 Å². The lowest BCUT2D eigenvalue weighted by Crippen LogP contribution is -2.36. The zero-order valence-corrected chi connectivity index (χ0v) is 18.7. The predicted octanol–water partition coefficient (Wildman–Crippen LogP) is 4.04. The van der Waals surface area contributed by atoms with Crippen molar-refractivity contribution in [3.8, 4) is 0 Å². The molecule has 0 atom stereocenters. The smallest absolute Gasteiger partial charge is 0.227 e. The predicted molar refractivity (Wildman–Crippen MR) is 127 cm³/mol. The number of anilines is 1. The van der Waals surface area contributed by atoms with E-state index in [1.54, 1.807) is 7.05 Å². The van der Waals surface area contributed by atoms with Crippen LogP contribution >= 0.6 is 24.0 Å². The van der Waals surface area contributed by atoms with E-state index in [1.807, 2.05) is 59.5 Å². The van der Waals surface area contributed by atoms with Crippen LogP contribution in [0.4, 0.5) is 5.69 Å². The molecular formula is C22H25IN4O2. The number of hydrogen-bond donors (Lipinski definition) is 2. The Labute approximate surface area is 187 Å². The van der Waals surface area contributed by atoms with Gasteiger partial charge in [0, 0.05) is 37.6 Å². The van der Waals surface area contributed by atoms with Crippen LogP contribution in [0.2, 0.25) is 0 Å². The van der Waals surface area contributed by atoms with E-state index in [1.165, 1.54) is 0 Å². The monoisotopic (exact) mass is 504 g/mol. The van der Waals surface area contributed by atoms with E-state index in [9.17, 15) is 4.79 Å². The van der Waals surface area contributed by atoms with E-state index in [-0.39, 0.29) is 29.9 Å². The van der Waals surface area contributed by atoms with Crippen molar-refractivity contribution in [2.24, 2.45) is 4.99 Å². The first kappa shape index (κ1) is 21.2. The van der Waals surface area contributed by atoms with Gasteiger partial charge in [-0.05, 0) is 36.2 Å². The highest BCUT2D eigenvalue weighted by atomic mass is 127. The largest absolute Gasteiger partial charge is 0.459 e. The maximum Gasteiger partial charge on any atom is 0.227 e. The normalized spacial score (nSPS) is 14.2. The van der Waals surface area contributed by atoms with Crippen molar-refractivity contribution in [2.45, 2.75) is 25.9 Å². The van der Waals surface area contributed by atoms with Crippen LogP contribution in [0.5, 0.6) is 0 Å². The fourth-order valence-corrected chi connectivity index (χ4v) is 3.42. The Morgan fingerprint density at radius 1 is 1.10 bits per heavy atom. The van der Waals surface area contributed by atoms with Crippen LogP contribution < -0.4 is 15.5 Å². The minimum absolute atomic E-state index is 0. The van der Waals surface area contributed by atoms with Gasteiger partial charge in [0.1, 0.15) is 11.3 Å². The first-order valence-corrected chi connectivity index (χ1v) is 9.54. The van der Waals surface area contributed by atoms with Crippen molar-refractivity contribution < 1.29 is 9.21 Å². The number of carbonyl (C=O) groups is 1. The maximum absolute atomic E-state index is 11.8. The van der Waals surface area contributed by atoms with Gasteiger partial charge in [-0.3, -0.25) is 9.79 Å². The summed E-state index contributed by atoms with van der Waals surface area (Å²) in [4.78, 5) is 18.0. The first-order valence-electron chi connectivity index (χ1n) is 9.54. The molecule has 1 amide bonds. The molecule has 6 nitrogen and oxygen atoms in total. The Balaban J connectivity index is 0.00000240. The Bertz CT molecular complexity index is 964. The number of aliphatic imine (C=N–C) groups is 1. The number of amides is 1. The number of hydrogen-bond acceptors (Lipinski definition) is 3. The average molecular weight is 504 g/mol. The fraction of sp³-hybridized carbons (Fsp3) is 0.273. The molecule has 152 valence electrons. The second kappa shape index (κ2) is 9.78. The van der Waals surface area contributed by atoms with Gasteiger partial charge in [-0.15, -0.1) is 24.0 Å². The number of fused-ring (bicyclic) bond motifs is 1. The highest BCUT2D eigenvalue weighted by molar-refractivity contribution is 14.0. The van der Waals surface area contributed by atoms with Crippen LogP contribution in [0.3, 0.4) is 0 Å². The molecule has 1 aliphatic rings. The van der Waals surface area contributed by atoms with Crippen molar-refractivity contribution in [1.82, 2.24) is 10.6 Å². The van der Waals surface area contributed by atoms with E-state index in [2.05, 4.69) is 15.6 Å². The molecule has 4 rings (SSSR count). The minimum Gasteiger partial charge on any atom is -0.459 e. The number of rotatable bonds is 5. The molecule has 1 aromatic heterocycles. The fourth-order valence-electron chi connectivity index (χ4n) is 3.42. The molecule has 1 saturated heterocycles. The van der Waals surface area contributed by atoms with E-state index in [4.69, 9.17) is 4.42 Å². The van der Waals surface area contributed by atoms with Crippen LogP contribution in [-0.4, -0.2) is 25.5 Å². The summed E-state index contributed by atoms with van der Waals surface area (Å²) >= 11 is 0. The summed E-state index contributed by atoms with van der Waals surface area (Å²) in [6.45, 7) is 2.02. The van der Waals surface area contributed by atoms with Crippen LogP contribution in [0.15, 0.2) is 64.0 Å². The molecular weight excluding hydrogens is 479 g/mol. The van der Waals surface area contributed by atoms with E-state index >= 15 is 0 Å². The van der Waals surface area contributed by atoms with E-state index in [0.717, 1.165) is 40.9 Å². The molecule has 2 aromatic carbocycles. The molecule has 29 heavy (non-hydrogen) atoms. The second-order valence-corrected chi connectivity index (χ2v) is 6.85. The summed E-state index contributed by atoms with van der Waals surface area (Å²) in [5.41, 5.74) is 2.99. The van der Waals surface area contributed by atoms with E-state index < -0.39 is 0 Å². The lowest BCUT2D eigenvalue weighted by Gasteiger charge is -2.16. The van der Waals surface area contributed by atoms with Crippen molar-refractivity contribution in [3.05, 3.63) is 65.9 Å². The molecule has 1 fully saturated rings. The third kappa shape index (κ3) is 5.09.